The maximum atomic E-state index is 13.7. The molecule has 0 saturated heterocycles. The second-order valence-electron chi connectivity index (χ2n) is 4.19. The van der Waals surface area contributed by atoms with Gasteiger partial charge in [-0.25, -0.2) is 4.39 Å². The highest BCUT2D eigenvalue weighted by Gasteiger charge is 2.16. The number of nitro groups is 1. The number of nitrogens with one attached hydrogen (secondary N) is 1. The Balaban J connectivity index is 2.26. The summed E-state index contributed by atoms with van der Waals surface area (Å²) in [6.45, 7) is 0.0404. The van der Waals surface area contributed by atoms with Crippen LogP contribution in [0.1, 0.15) is 5.56 Å². The van der Waals surface area contributed by atoms with E-state index < -0.39 is 10.7 Å². The van der Waals surface area contributed by atoms with E-state index in [4.69, 9.17) is 16.3 Å². The Hall–Kier alpha value is -2.34. The van der Waals surface area contributed by atoms with Crippen LogP contribution in [0.3, 0.4) is 0 Å². The molecule has 0 atom stereocenters. The molecule has 21 heavy (non-hydrogen) atoms. The maximum absolute atomic E-state index is 13.7. The molecule has 0 bridgehead atoms. The highest BCUT2D eigenvalue weighted by molar-refractivity contribution is 6.31. The smallest absolute Gasteiger partial charge is 0.296 e. The minimum atomic E-state index is -0.534. The first-order valence-electron chi connectivity index (χ1n) is 6.02. The van der Waals surface area contributed by atoms with Crippen molar-refractivity contribution in [2.24, 2.45) is 0 Å². The average molecular weight is 311 g/mol. The molecule has 0 aliphatic rings. The van der Waals surface area contributed by atoms with E-state index >= 15 is 0 Å². The third kappa shape index (κ3) is 3.41. The first-order chi connectivity index (χ1) is 10.0. The molecule has 2 rings (SSSR count). The molecular weight excluding hydrogens is 299 g/mol. The van der Waals surface area contributed by atoms with Crippen molar-refractivity contribution in [2.75, 3.05) is 12.4 Å². The van der Waals surface area contributed by atoms with Crippen LogP contribution in [-0.2, 0) is 6.54 Å². The number of hydrogen-bond acceptors (Lipinski definition) is 4. The molecule has 0 heterocycles. The molecule has 2 aromatic carbocycles. The number of nitrogens with zero attached hydrogens (tertiary/aromatic N) is 1. The summed E-state index contributed by atoms with van der Waals surface area (Å²) in [5.74, 6) is -0.0951. The zero-order valence-corrected chi connectivity index (χ0v) is 11.9. The predicted octanol–water partition coefficient (Wildman–Crippen LogP) is 4.01. The van der Waals surface area contributed by atoms with E-state index in [1.807, 2.05) is 0 Å². The minimum Gasteiger partial charge on any atom is -0.496 e. The van der Waals surface area contributed by atoms with E-state index in [0.717, 1.165) is 0 Å². The van der Waals surface area contributed by atoms with Crippen LogP contribution in [0.25, 0.3) is 0 Å². The van der Waals surface area contributed by atoms with Gasteiger partial charge < -0.3 is 10.1 Å². The van der Waals surface area contributed by atoms with E-state index in [0.29, 0.717) is 5.75 Å². The summed E-state index contributed by atoms with van der Waals surface area (Å²) in [5, 5.41) is 14.1. The predicted molar refractivity (Wildman–Crippen MR) is 78.4 cm³/mol. The molecule has 0 amide bonds. The Morgan fingerprint density at radius 1 is 1.38 bits per heavy atom. The maximum Gasteiger partial charge on any atom is 0.296 e. The summed E-state index contributed by atoms with van der Waals surface area (Å²) in [6, 6.07) is 8.72. The standard InChI is InChI=1S/C14H12ClFN2O3/c1-21-9-5-6-13(14(7-9)18(19)20)17-8-10-11(15)3-2-4-12(10)16/h2-7,17H,8H2,1H3. The number of methoxy groups -OCH3 is 1. The highest BCUT2D eigenvalue weighted by Crippen LogP contribution is 2.30. The molecule has 0 unspecified atom stereocenters. The average Bonchev–Trinajstić information content (AvgIpc) is 2.46. The largest absolute Gasteiger partial charge is 0.496 e. The highest BCUT2D eigenvalue weighted by atomic mass is 35.5. The van der Waals surface area contributed by atoms with Crippen molar-refractivity contribution in [2.45, 2.75) is 6.54 Å². The lowest BCUT2D eigenvalue weighted by Crippen LogP contribution is -2.05. The Morgan fingerprint density at radius 3 is 2.76 bits per heavy atom. The van der Waals surface area contributed by atoms with Crippen LogP contribution in [0.5, 0.6) is 5.75 Å². The Morgan fingerprint density at radius 2 is 2.14 bits per heavy atom. The number of benzene rings is 2. The lowest BCUT2D eigenvalue weighted by atomic mass is 10.2. The summed E-state index contributed by atoms with van der Waals surface area (Å²) in [5.41, 5.74) is 0.367. The fraction of sp³-hybridized carbons (Fsp3) is 0.143. The molecule has 0 fully saturated rings. The number of nitro benzene ring substituents is 1. The molecule has 0 saturated carbocycles. The van der Waals surface area contributed by atoms with E-state index in [1.165, 1.54) is 31.4 Å². The van der Waals surface area contributed by atoms with E-state index in [1.54, 1.807) is 12.1 Å². The topological polar surface area (TPSA) is 64.4 Å². The van der Waals surface area contributed by atoms with Crippen LogP contribution in [0.4, 0.5) is 15.8 Å². The summed E-state index contributed by atoms with van der Waals surface area (Å²) in [6.07, 6.45) is 0. The first-order valence-corrected chi connectivity index (χ1v) is 6.40. The van der Waals surface area contributed by atoms with Crippen molar-refractivity contribution in [3.63, 3.8) is 0 Å². The molecule has 5 nitrogen and oxygen atoms in total. The van der Waals surface area contributed by atoms with E-state index in [2.05, 4.69) is 5.32 Å². The monoisotopic (exact) mass is 310 g/mol. The Labute approximate surface area is 125 Å². The van der Waals surface area contributed by atoms with Gasteiger partial charge in [0.15, 0.2) is 0 Å². The molecule has 0 aromatic heterocycles. The zero-order valence-electron chi connectivity index (χ0n) is 11.1. The van der Waals surface area contributed by atoms with Gasteiger partial charge in [0.25, 0.3) is 5.69 Å². The normalized spacial score (nSPS) is 10.2. The quantitative estimate of drug-likeness (QED) is 0.669. The molecule has 2 aromatic rings. The van der Waals surface area contributed by atoms with Crippen LogP contribution in [0.15, 0.2) is 36.4 Å². The Bertz CT molecular complexity index is 659. The number of anilines is 1. The number of rotatable bonds is 5. The van der Waals surface area contributed by atoms with Gasteiger partial charge in [-0.2, -0.15) is 0 Å². The van der Waals surface area contributed by atoms with Gasteiger partial charge in [-0.1, -0.05) is 17.7 Å². The molecule has 1 N–H and O–H groups in total. The third-order valence-electron chi connectivity index (χ3n) is 2.92. The van der Waals surface area contributed by atoms with Crippen LogP contribution in [0.2, 0.25) is 5.02 Å². The van der Waals surface area contributed by atoms with Crippen molar-refractivity contribution < 1.29 is 14.1 Å². The summed E-state index contributed by atoms with van der Waals surface area (Å²) >= 11 is 5.91. The molecular formula is C14H12ClFN2O3. The summed E-state index contributed by atoms with van der Waals surface area (Å²) < 4.78 is 18.6. The zero-order chi connectivity index (χ0) is 15.4. The fourth-order valence-corrected chi connectivity index (χ4v) is 2.05. The number of ether oxygens (including phenoxy) is 1. The first kappa shape index (κ1) is 15.1. The van der Waals surface area contributed by atoms with Crippen LogP contribution in [0, 0.1) is 15.9 Å². The van der Waals surface area contributed by atoms with Crippen molar-refractivity contribution in [3.05, 3.63) is 62.9 Å². The lowest BCUT2D eigenvalue weighted by molar-refractivity contribution is -0.384. The second kappa shape index (κ2) is 6.41. The van der Waals surface area contributed by atoms with Crippen molar-refractivity contribution >= 4 is 23.0 Å². The Kier molecular flexibility index (Phi) is 4.59. The van der Waals surface area contributed by atoms with E-state index in [-0.39, 0.29) is 28.5 Å². The number of hydrogen-bond donors (Lipinski definition) is 1. The molecule has 110 valence electrons. The van der Waals surface area contributed by atoms with Gasteiger partial charge in [0, 0.05) is 17.1 Å². The lowest BCUT2D eigenvalue weighted by Gasteiger charge is -2.10. The molecule has 0 spiro atoms. The van der Waals surface area contributed by atoms with Gasteiger partial charge in [-0.15, -0.1) is 0 Å². The van der Waals surface area contributed by atoms with Gasteiger partial charge in [0.05, 0.1) is 18.1 Å². The second-order valence-corrected chi connectivity index (χ2v) is 4.60. The molecule has 0 aliphatic heterocycles. The minimum absolute atomic E-state index is 0.0404. The molecule has 7 heteroatoms. The summed E-state index contributed by atoms with van der Waals surface area (Å²) in [4.78, 5) is 10.5. The van der Waals surface area contributed by atoms with Gasteiger partial charge in [0.2, 0.25) is 0 Å². The van der Waals surface area contributed by atoms with Crippen molar-refractivity contribution in [1.82, 2.24) is 0 Å². The van der Waals surface area contributed by atoms with Crippen molar-refractivity contribution in [3.8, 4) is 5.75 Å². The van der Waals surface area contributed by atoms with Gasteiger partial charge in [-0.05, 0) is 24.3 Å². The summed E-state index contributed by atoms with van der Waals surface area (Å²) in [7, 11) is 1.42. The van der Waals surface area contributed by atoms with Gasteiger partial charge >= 0.3 is 0 Å². The SMILES string of the molecule is COc1ccc(NCc2c(F)cccc2Cl)c([N+](=O)[O-])c1. The van der Waals surface area contributed by atoms with Gasteiger partial charge in [0.1, 0.15) is 17.3 Å². The van der Waals surface area contributed by atoms with Crippen LogP contribution >= 0.6 is 11.6 Å². The molecule has 0 radical (unpaired) electrons. The molecule has 0 aliphatic carbocycles. The number of halogens is 2. The van der Waals surface area contributed by atoms with Gasteiger partial charge in [-0.3, -0.25) is 10.1 Å². The van der Waals surface area contributed by atoms with E-state index in [9.17, 15) is 14.5 Å². The van der Waals surface area contributed by atoms with Crippen LogP contribution < -0.4 is 10.1 Å². The van der Waals surface area contributed by atoms with Crippen LogP contribution in [-0.4, -0.2) is 12.0 Å². The third-order valence-corrected chi connectivity index (χ3v) is 3.27. The fourth-order valence-electron chi connectivity index (χ4n) is 1.82. The van der Waals surface area contributed by atoms with Crippen molar-refractivity contribution in [1.29, 1.82) is 0 Å².